The SMILES string of the molecule is COc1ccc2sc(CN3CCn4c(cnc4C)C3)nc2c1. The van der Waals surface area contributed by atoms with E-state index >= 15 is 0 Å². The molecular formula is C16H18N4OS. The van der Waals surface area contributed by atoms with Crippen LogP contribution in [0.4, 0.5) is 0 Å². The zero-order chi connectivity index (χ0) is 15.1. The number of methoxy groups -OCH3 is 1. The molecule has 3 aromatic rings. The predicted octanol–water partition coefficient (Wildman–Crippen LogP) is 2.83. The van der Waals surface area contributed by atoms with Crippen molar-refractivity contribution in [3.8, 4) is 5.75 Å². The first-order chi connectivity index (χ1) is 10.7. The summed E-state index contributed by atoms with van der Waals surface area (Å²) in [6.45, 7) is 5.97. The second-order valence-electron chi connectivity index (χ2n) is 5.60. The van der Waals surface area contributed by atoms with E-state index in [1.54, 1.807) is 18.4 Å². The molecule has 0 N–H and O–H groups in total. The number of thiazole rings is 1. The van der Waals surface area contributed by atoms with E-state index in [-0.39, 0.29) is 0 Å². The summed E-state index contributed by atoms with van der Waals surface area (Å²) < 4.78 is 8.79. The van der Waals surface area contributed by atoms with E-state index in [9.17, 15) is 0 Å². The van der Waals surface area contributed by atoms with Gasteiger partial charge in [-0.05, 0) is 19.1 Å². The highest BCUT2D eigenvalue weighted by Gasteiger charge is 2.19. The fourth-order valence-corrected chi connectivity index (χ4v) is 3.96. The molecule has 0 saturated carbocycles. The van der Waals surface area contributed by atoms with E-state index in [1.807, 2.05) is 18.3 Å². The average Bonchev–Trinajstić information content (AvgIpc) is 3.09. The lowest BCUT2D eigenvalue weighted by Crippen LogP contribution is -2.33. The van der Waals surface area contributed by atoms with Crippen LogP contribution in [0.3, 0.4) is 0 Å². The van der Waals surface area contributed by atoms with E-state index in [4.69, 9.17) is 9.72 Å². The monoisotopic (exact) mass is 314 g/mol. The second-order valence-corrected chi connectivity index (χ2v) is 6.72. The third-order valence-corrected chi connectivity index (χ3v) is 5.18. The lowest BCUT2D eigenvalue weighted by molar-refractivity contribution is 0.211. The van der Waals surface area contributed by atoms with Crippen LogP contribution in [0, 0.1) is 6.92 Å². The molecule has 5 nitrogen and oxygen atoms in total. The van der Waals surface area contributed by atoms with E-state index in [0.29, 0.717) is 0 Å². The van der Waals surface area contributed by atoms with Gasteiger partial charge in [-0.1, -0.05) is 0 Å². The molecule has 0 saturated heterocycles. The van der Waals surface area contributed by atoms with Gasteiger partial charge in [0.2, 0.25) is 0 Å². The highest BCUT2D eigenvalue weighted by atomic mass is 32.1. The van der Waals surface area contributed by atoms with Crippen molar-refractivity contribution in [2.45, 2.75) is 26.6 Å². The number of nitrogens with zero attached hydrogens (tertiary/aromatic N) is 4. The molecule has 1 aromatic carbocycles. The zero-order valence-electron chi connectivity index (χ0n) is 12.7. The second kappa shape index (κ2) is 5.37. The molecule has 0 atom stereocenters. The third-order valence-electron chi connectivity index (χ3n) is 4.16. The highest BCUT2D eigenvalue weighted by molar-refractivity contribution is 7.18. The van der Waals surface area contributed by atoms with Crippen molar-refractivity contribution in [2.24, 2.45) is 0 Å². The predicted molar refractivity (Wildman–Crippen MR) is 87.3 cm³/mol. The van der Waals surface area contributed by atoms with Crippen LogP contribution in [-0.4, -0.2) is 33.1 Å². The summed E-state index contributed by atoms with van der Waals surface area (Å²) in [6, 6.07) is 6.08. The molecule has 4 rings (SSSR count). The summed E-state index contributed by atoms with van der Waals surface area (Å²) in [5.41, 5.74) is 2.32. The van der Waals surface area contributed by atoms with Crippen LogP contribution >= 0.6 is 11.3 Å². The molecule has 0 spiro atoms. The largest absolute Gasteiger partial charge is 0.497 e. The summed E-state index contributed by atoms with van der Waals surface area (Å²) in [5, 5.41) is 1.16. The Morgan fingerprint density at radius 1 is 1.32 bits per heavy atom. The Balaban J connectivity index is 1.54. The Morgan fingerprint density at radius 2 is 2.23 bits per heavy atom. The molecule has 22 heavy (non-hydrogen) atoms. The number of aryl methyl sites for hydroxylation is 1. The molecule has 0 bridgehead atoms. The highest BCUT2D eigenvalue weighted by Crippen LogP contribution is 2.27. The smallest absolute Gasteiger partial charge is 0.121 e. The maximum absolute atomic E-state index is 5.27. The van der Waals surface area contributed by atoms with Gasteiger partial charge in [0.15, 0.2) is 0 Å². The van der Waals surface area contributed by atoms with Gasteiger partial charge in [-0.25, -0.2) is 9.97 Å². The molecule has 0 radical (unpaired) electrons. The summed E-state index contributed by atoms with van der Waals surface area (Å²) in [7, 11) is 1.69. The maximum atomic E-state index is 5.27. The van der Waals surface area contributed by atoms with Crippen LogP contribution in [0.15, 0.2) is 24.4 Å². The van der Waals surface area contributed by atoms with Crippen molar-refractivity contribution in [1.82, 2.24) is 19.4 Å². The number of hydrogen-bond acceptors (Lipinski definition) is 5. The summed E-state index contributed by atoms with van der Waals surface area (Å²) >= 11 is 1.77. The van der Waals surface area contributed by atoms with Crippen molar-refractivity contribution in [3.63, 3.8) is 0 Å². The van der Waals surface area contributed by atoms with Crippen molar-refractivity contribution in [2.75, 3.05) is 13.7 Å². The van der Waals surface area contributed by atoms with Gasteiger partial charge in [0.25, 0.3) is 0 Å². The molecule has 114 valence electrons. The van der Waals surface area contributed by atoms with Gasteiger partial charge < -0.3 is 9.30 Å². The number of imidazole rings is 1. The third kappa shape index (κ3) is 2.38. The number of aromatic nitrogens is 3. The maximum Gasteiger partial charge on any atom is 0.121 e. The molecule has 3 heterocycles. The zero-order valence-corrected chi connectivity index (χ0v) is 13.6. The molecular weight excluding hydrogens is 296 g/mol. The topological polar surface area (TPSA) is 43.2 Å². The van der Waals surface area contributed by atoms with Crippen LogP contribution in [0.5, 0.6) is 5.75 Å². The molecule has 0 amide bonds. The van der Waals surface area contributed by atoms with Gasteiger partial charge in [-0.15, -0.1) is 11.3 Å². The number of hydrogen-bond donors (Lipinski definition) is 0. The van der Waals surface area contributed by atoms with E-state index in [0.717, 1.165) is 48.3 Å². The Labute approximate surface area is 133 Å². The first kappa shape index (κ1) is 13.7. The van der Waals surface area contributed by atoms with E-state index < -0.39 is 0 Å². The fraction of sp³-hybridized carbons (Fsp3) is 0.375. The van der Waals surface area contributed by atoms with Gasteiger partial charge in [-0.3, -0.25) is 4.90 Å². The lowest BCUT2D eigenvalue weighted by atomic mass is 10.3. The van der Waals surface area contributed by atoms with Gasteiger partial charge in [0.05, 0.1) is 29.6 Å². The minimum absolute atomic E-state index is 0.863. The normalized spacial score (nSPS) is 15.2. The quantitative estimate of drug-likeness (QED) is 0.745. The van der Waals surface area contributed by atoms with E-state index in [2.05, 4.69) is 27.4 Å². The van der Waals surface area contributed by atoms with Crippen molar-refractivity contribution in [3.05, 3.63) is 40.9 Å². The summed E-state index contributed by atoms with van der Waals surface area (Å²) in [6.07, 6.45) is 1.99. The van der Waals surface area contributed by atoms with Crippen molar-refractivity contribution in [1.29, 1.82) is 0 Å². The van der Waals surface area contributed by atoms with Crippen molar-refractivity contribution >= 4 is 21.6 Å². The lowest BCUT2D eigenvalue weighted by Gasteiger charge is -2.27. The first-order valence-electron chi connectivity index (χ1n) is 7.40. The summed E-state index contributed by atoms with van der Waals surface area (Å²) in [5.74, 6) is 1.98. The average molecular weight is 314 g/mol. The minimum atomic E-state index is 0.863. The number of ether oxygens (including phenoxy) is 1. The van der Waals surface area contributed by atoms with Crippen LogP contribution in [0.2, 0.25) is 0 Å². The molecule has 2 aromatic heterocycles. The molecule has 0 unspecified atom stereocenters. The molecule has 6 heteroatoms. The van der Waals surface area contributed by atoms with Crippen LogP contribution in [0.1, 0.15) is 16.5 Å². The van der Waals surface area contributed by atoms with E-state index in [1.165, 1.54) is 10.4 Å². The molecule has 0 fully saturated rings. The minimum Gasteiger partial charge on any atom is -0.497 e. The van der Waals surface area contributed by atoms with Crippen LogP contribution < -0.4 is 4.74 Å². The van der Waals surface area contributed by atoms with Crippen LogP contribution in [0.25, 0.3) is 10.2 Å². The standard InChI is InChI=1S/C16H18N4OS/c1-11-17-8-12-9-19(5-6-20(11)12)10-16-18-14-7-13(21-2)3-4-15(14)22-16/h3-4,7-8H,5-6,9-10H2,1-2H3. The Kier molecular flexibility index (Phi) is 3.35. The summed E-state index contributed by atoms with van der Waals surface area (Å²) in [4.78, 5) is 11.6. The number of benzene rings is 1. The van der Waals surface area contributed by atoms with Crippen molar-refractivity contribution < 1.29 is 4.74 Å². The fourth-order valence-electron chi connectivity index (χ4n) is 2.97. The first-order valence-corrected chi connectivity index (χ1v) is 8.21. The van der Waals surface area contributed by atoms with Gasteiger partial charge in [-0.2, -0.15) is 0 Å². The Hall–Kier alpha value is -1.92. The van der Waals surface area contributed by atoms with Gasteiger partial charge in [0, 0.05) is 31.9 Å². The number of fused-ring (bicyclic) bond motifs is 2. The van der Waals surface area contributed by atoms with Gasteiger partial charge >= 0.3 is 0 Å². The number of rotatable bonds is 3. The Morgan fingerprint density at radius 3 is 3.09 bits per heavy atom. The van der Waals surface area contributed by atoms with Crippen LogP contribution in [-0.2, 0) is 19.6 Å². The molecule has 1 aliphatic heterocycles. The molecule has 1 aliphatic rings. The van der Waals surface area contributed by atoms with Gasteiger partial charge in [0.1, 0.15) is 16.6 Å². The Bertz CT molecular complexity index is 823. The molecule has 0 aliphatic carbocycles.